The lowest BCUT2D eigenvalue weighted by molar-refractivity contribution is -0.137. The number of carboxylic acid groups (broad SMARTS) is 1. The molecule has 8 nitrogen and oxygen atoms in total. The van der Waals surface area contributed by atoms with E-state index in [9.17, 15) is 14.4 Å². The van der Waals surface area contributed by atoms with Gasteiger partial charge in [0.2, 0.25) is 5.91 Å². The first kappa shape index (κ1) is 17.2. The van der Waals surface area contributed by atoms with E-state index < -0.39 is 12.0 Å². The van der Waals surface area contributed by atoms with Crippen LogP contribution in [0, 0.1) is 0 Å². The molecule has 0 fully saturated rings. The molecule has 0 saturated heterocycles. The fourth-order valence-corrected chi connectivity index (χ4v) is 1.26. The molecule has 0 aromatic rings. The van der Waals surface area contributed by atoms with Crippen LogP contribution in [0.4, 0.5) is 4.79 Å². The lowest BCUT2D eigenvalue weighted by Gasteiger charge is -2.20. The van der Waals surface area contributed by atoms with Gasteiger partial charge in [0.05, 0.1) is 19.6 Å². The predicted molar refractivity (Wildman–Crippen MR) is 67.8 cm³/mol. The molecule has 3 amide bonds. The Morgan fingerprint density at radius 2 is 1.95 bits per heavy atom. The third kappa shape index (κ3) is 8.83. The molecule has 3 N–H and O–H groups in total. The molecule has 0 bridgehead atoms. The Labute approximate surface area is 112 Å². The summed E-state index contributed by atoms with van der Waals surface area (Å²) < 4.78 is 4.76. The van der Waals surface area contributed by atoms with Crippen LogP contribution in [0.25, 0.3) is 0 Å². The number of urea groups is 1. The minimum Gasteiger partial charge on any atom is -0.481 e. The van der Waals surface area contributed by atoms with Gasteiger partial charge >= 0.3 is 12.0 Å². The quantitative estimate of drug-likeness (QED) is 0.480. The Kier molecular flexibility index (Phi) is 9.15. The number of aliphatic carboxylic acids is 1. The van der Waals surface area contributed by atoms with Gasteiger partial charge in [0.1, 0.15) is 0 Å². The number of hydrogen-bond acceptors (Lipinski definition) is 4. The average molecular weight is 275 g/mol. The number of amides is 3. The van der Waals surface area contributed by atoms with Crippen LogP contribution in [0.2, 0.25) is 0 Å². The maximum Gasteiger partial charge on any atom is 0.317 e. The molecule has 8 heteroatoms. The van der Waals surface area contributed by atoms with Gasteiger partial charge in [-0.05, 0) is 6.92 Å². The van der Waals surface area contributed by atoms with Crippen molar-refractivity contribution >= 4 is 17.9 Å². The van der Waals surface area contributed by atoms with Gasteiger partial charge in [0, 0.05) is 26.7 Å². The van der Waals surface area contributed by atoms with Gasteiger partial charge in [0.25, 0.3) is 0 Å². The molecule has 110 valence electrons. The van der Waals surface area contributed by atoms with Crippen molar-refractivity contribution in [1.82, 2.24) is 15.5 Å². The monoisotopic (exact) mass is 275 g/mol. The predicted octanol–water partition coefficient (Wildman–Crippen LogP) is -0.745. The van der Waals surface area contributed by atoms with Crippen LogP contribution >= 0.6 is 0 Å². The van der Waals surface area contributed by atoms with E-state index in [1.807, 2.05) is 0 Å². The van der Waals surface area contributed by atoms with Crippen LogP contribution in [0.15, 0.2) is 0 Å². The number of carbonyl (C=O) groups excluding carboxylic acids is 2. The van der Waals surface area contributed by atoms with Crippen LogP contribution in [-0.4, -0.2) is 67.8 Å². The zero-order valence-electron chi connectivity index (χ0n) is 11.3. The van der Waals surface area contributed by atoms with Crippen molar-refractivity contribution in [3.05, 3.63) is 0 Å². The normalized spacial score (nSPS) is 9.79. The minimum absolute atomic E-state index is 0.114. The van der Waals surface area contributed by atoms with Crippen molar-refractivity contribution in [2.75, 3.05) is 39.9 Å². The Morgan fingerprint density at radius 3 is 2.47 bits per heavy atom. The molecule has 0 radical (unpaired) electrons. The Bertz CT molecular complexity index is 309. The van der Waals surface area contributed by atoms with E-state index in [-0.39, 0.29) is 25.4 Å². The topological polar surface area (TPSA) is 108 Å². The number of hydrogen-bond donors (Lipinski definition) is 3. The van der Waals surface area contributed by atoms with Crippen molar-refractivity contribution in [1.29, 1.82) is 0 Å². The summed E-state index contributed by atoms with van der Waals surface area (Å²) >= 11 is 0. The summed E-state index contributed by atoms with van der Waals surface area (Å²) in [7, 11) is 1.52. The molecular weight excluding hydrogens is 254 g/mol. The van der Waals surface area contributed by atoms with E-state index >= 15 is 0 Å². The van der Waals surface area contributed by atoms with Crippen molar-refractivity contribution in [3.63, 3.8) is 0 Å². The van der Waals surface area contributed by atoms with Crippen LogP contribution in [-0.2, 0) is 14.3 Å². The van der Waals surface area contributed by atoms with Gasteiger partial charge < -0.3 is 25.4 Å². The van der Waals surface area contributed by atoms with Crippen molar-refractivity contribution in [3.8, 4) is 0 Å². The molecule has 0 saturated carbocycles. The lowest BCUT2D eigenvalue weighted by Crippen LogP contribution is -2.45. The highest BCUT2D eigenvalue weighted by Gasteiger charge is 2.13. The van der Waals surface area contributed by atoms with Crippen molar-refractivity contribution in [2.24, 2.45) is 0 Å². The zero-order valence-corrected chi connectivity index (χ0v) is 11.3. The van der Waals surface area contributed by atoms with Gasteiger partial charge in [-0.25, -0.2) is 4.79 Å². The fraction of sp³-hybridized carbons (Fsp3) is 0.727. The van der Waals surface area contributed by atoms with Gasteiger partial charge in [-0.2, -0.15) is 0 Å². The van der Waals surface area contributed by atoms with Gasteiger partial charge in [-0.1, -0.05) is 0 Å². The molecule has 0 aliphatic carbocycles. The van der Waals surface area contributed by atoms with Gasteiger partial charge in [0.15, 0.2) is 0 Å². The zero-order chi connectivity index (χ0) is 14.7. The Morgan fingerprint density at radius 1 is 1.26 bits per heavy atom. The summed E-state index contributed by atoms with van der Waals surface area (Å²) in [6, 6.07) is -0.453. The number of methoxy groups -OCH3 is 1. The van der Waals surface area contributed by atoms with Crippen LogP contribution < -0.4 is 10.6 Å². The van der Waals surface area contributed by atoms with Gasteiger partial charge in [-0.15, -0.1) is 0 Å². The second-order valence-electron chi connectivity index (χ2n) is 3.72. The van der Waals surface area contributed by atoms with E-state index in [0.717, 1.165) is 0 Å². The van der Waals surface area contributed by atoms with Crippen LogP contribution in [0.1, 0.15) is 13.3 Å². The molecule has 0 aromatic carbocycles. The number of ether oxygens (including phenoxy) is 1. The third-order valence-electron chi connectivity index (χ3n) is 2.29. The maximum atomic E-state index is 11.6. The first-order valence-corrected chi connectivity index (χ1v) is 6.01. The molecule has 0 aliphatic heterocycles. The number of nitrogens with zero attached hydrogens (tertiary/aromatic N) is 1. The van der Waals surface area contributed by atoms with Crippen LogP contribution in [0.5, 0.6) is 0 Å². The number of carbonyl (C=O) groups is 3. The molecule has 19 heavy (non-hydrogen) atoms. The highest BCUT2D eigenvalue weighted by atomic mass is 16.5. The fourth-order valence-electron chi connectivity index (χ4n) is 1.26. The highest BCUT2D eigenvalue weighted by Crippen LogP contribution is 1.92. The molecule has 0 aliphatic rings. The summed E-state index contributed by atoms with van der Waals surface area (Å²) in [4.78, 5) is 34.7. The maximum absolute atomic E-state index is 11.6. The second kappa shape index (κ2) is 10.1. The smallest absolute Gasteiger partial charge is 0.317 e. The second-order valence-corrected chi connectivity index (χ2v) is 3.72. The standard InChI is InChI=1S/C11H21N3O5/c1-3-14(6-4-10(16)17)11(18)13-8-9(15)12-5-7-19-2/h3-8H2,1-2H3,(H,12,15)(H,13,18)(H,16,17). The van der Waals surface area contributed by atoms with E-state index in [1.54, 1.807) is 6.92 Å². The van der Waals surface area contributed by atoms with E-state index in [2.05, 4.69) is 10.6 Å². The van der Waals surface area contributed by atoms with Crippen molar-refractivity contribution < 1.29 is 24.2 Å². The molecular formula is C11H21N3O5. The molecule has 0 spiro atoms. The highest BCUT2D eigenvalue weighted by molar-refractivity contribution is 5.84. The van der Waals surface area contributed by atoms with Gasteiger partial charge in [-0.3, -0.25) is 9.59 Å². The lowest BCUT2D eigenvalue weighted by atomic mass is 10.4. The number of rotatable bonds is 9. The summed E-state index contributed by atoms with van der Waals surface area (Å²) in [5, 5.41) is 13.5. The molecule has 0 aromatic heterocycles. The molecule has 0 unspecified atom stereocenters. The third-order valence-corrected chi connectivity index (χ3v) is 2.29. The van der Waals surface area contributed by atoms with E-state index in [1.165, 1.54) is 12.0 Å². The largest absolute Gasteiger partial charge is 0.481 e. The SMILES string of the molecule is CCN(CCC(=O)O)C(=O)NCC(=O)NCCOC. The van der Waals surface area contributed by atoms with Crippen molar-refractivity contribution in [2.45, 2.75) is 13.3 Å². The Balaban J connectivity index is 3.92. The number of nitrogens with one attached hydrogen (secondary N) is 2. The van der Waals surface area contributed by atoms with E-state index in [4.69, 9.17) is 9.84 Å². The first-order chi connectivity index (χ1) is 9.01. The molecule has 0 rings (SSSR count). The first-order valence-electron chi connectivity index (χ1n) is 6.01. The summed E-state index contributed by atoms with van der Waals surface area (Å²) in [5.41, 5.74) is 0. The Hall–Kier alpha value is -1.83. The molecule has 0 atom stereocenters. The summed E-state index contributed by atoms with van der Waals surface area (Å²) in [5.74, 6) is -1.29. The summed E-state index contributed by atoms with van der Waals surface area (Å²) in [6.07, 6.45) is -0.124. The number of carboxylic acids is 1. The average Bonchev–Trinajstić information content (AvgIpc) is 2.37. The van der Waals surface area contributed by atoms with E-state index in [0.29, 0.717) is 19.7 Å². The van der Waals surface area contributed by atoms with Crippen LogP contribution in [0.3, 0.4) is 0 Å². The molecule has 0 heterocycles. The summed E-state index contributed by atoms with van der Waals surface area (Å²) in [6.45, 7) is 2.86. The minimum atomic E-state index is -0.969.